The van der Waals surface area contributed by atoms with E-state index in [1.807, 2.05) is 6.07 Å². The van der Waals surface area contributed by atoms with E-state index in [0.717, 1.165) is 36.0 Å². The monoisotopic (exact) mass is 310 g/mol. The molecule has 0 aromatic carbocycles. The molecule has 5 N–H and O–H groups in total. The number of H-pyrrole nitrogens is 1. The molecule has 3 saturated carbocycles. The van der Waals surface area contributed by atoms with Gasteiger partial charge in [-0.2, -0.15) is 0 Å². The molecule has 0 aliphatic heterocycles. The molecule has 0 saturated heterocycles. The van der Waals surface area contributed by atoms with Crippen molar-refractivity contribution in [2.24, 2.45) is 17.6 Å². The second-order valence-corrected chi connectivity index (χ2v) is 7.08. The number of carbonyl (C=O) groups is 1. The Morgan fingerprint density at radius 2 is 2.35 bits per heavy atom. The van der Waals surface area contributed by atoms with E-state index < -0.39 is 11.5 Å². The summed E-state index contributed by atoms with van der Waals surface area (Å²) in [6, 6.07) is 2.02. The molecule has 3 fully saturated rings. The normalized spacial score (nSPS) is 34.1. The lowest BCUT2D eigenvalue weighted by molar-refractivity contribution is -0.0776. The number of primary amides is 1. The molecule has 0 spiro atoms. The fourth-order valence-corrected chi connectivity index (χ4v) is 4.75. The summed E-state index contributed by atoms with van der Waals surface area (Å²) in [7, 11) is 0. The summed E-state index contributed by atoms with van der Waals surface area (Å²) in [5, 5.41) is 14.9. The largest absolute Gasteiger partial charge is 0.385 e. The summed E-state index contributed by atoms with van der Waals surface area (Å²) in [6.07, 6.45) is 8.31. The Kier molecular flexibility index (Phi) is 2.36. The van der Waals surface area contributed by atoms with E-state index in [9.17, 15) is 9.90 Å². The van der Waals surface area contributed by atoms with Crippen molar-refractivity contribution < 1.29 is 9.90 Å². The number of anilines is 1. The number of pyridine rings is 1. The van der Waals surface area contributed by atoms with E-state index in [2.05, 4.69) is 21.4 Å². The maximum atomic E-state index is 11.8. The van der Waals surface area contributed by atoms with Crippen LogP contribution in [0.15, 0.2) is 30.1 Å². The first-order valence-corrected chi connectivity index (χ1v) is 8.02. The Morgan fingerprint density at radius 3 is 3.04 bits per heavy atom. The lowest BCUT2D eigenvalue weighted by Gasteiger charge is -2.59. The fraction of sp³-hybridized carbons (Fsp3) is 0.412. The van der Waals surface area contributed by atoms with Crippen molar-refractivity contribution in [3.63, 3.8) is 0 Å². The summed E-state index contributed by atoms with van der Waals surface area (Å²) < 4.78 is 0. The van der Waals surface area contributed by atoms with Gasteiger partial charge >= 0.3 is 0 Å². The number of nitrogens with zero attached hydrogens (tertiary/aromatic N) is 1. The van der Waals surface area contributed by atoms with E-state index in [1.165, 1.54) is 11.8 Å². The van der Waals surface area contributed by atoms with Crippen molar-refractivity contribution in [2.75, 3.05) is 5.32 Å². The van der Waals surface area contributed by atoms with Gasteiger partial charge in [-0.1, -0.05) is 6.08 Å². The van der Waals surface area contributed by atoms with Gasteiger partial charge in [0.1, 0.15) is 5.65 Å². The number of nitrogens with one attached hydrogen (secondary N) is 2. The molecule has 7 rings (SSSR count). The van der Waals surface area contributed by atoms with Crippen LogP contribution in [0.5, 0.6) is 0 Å². The zero-order chi connectivity index (χ0) is 15.8. The maximum absolute atomic E-state index is 11.8. The second kappa shape index (κ2) is 4.14. The number of aromatic nitrogens is 2. The van der Waals surface area contributed by atoms with Gasteiger partial charge in [-0.15, -0.1) is 0 Å². The molecule has 2 aromatic heterocycles. The molecule has 0 radical (unpaired) electrons. The second-order valence-electron chi connectivity index (χ2n) is 7.08. The van der Waals surface area contributed by atoms with Gasteiger partial charge in [-0.3, -0.25) is 4.79 Å². The summed E-state index contributed by atoms with van der Waals surface area (Å²) >= 11 is 0. The Morgan fingerprint density at radius 1 is 1.48 bits per heavy atom. The topological polar surface area (TPSA) is 104 Å². The summed E-state index contributed by atoms with van der Waals surface area (Å²) in [4.78, 5) is 19.1. The third-order valence-electron chi connectivity index (χ3n) is 5.78. The average molecular weight is 310 g/mol. The fourth-order valence-electron chi connectivity index (χ4n) is 4.75. The number of hydrogen-bond acceptors (Lipinski definition) is 4. The van der Waals surface area contributed by atoms with Gasteiger partial charge in [0.2, 0.25) is 0 Å². The van der Waals surface area contributed by atoms with Crippen LogP contribution in [-0.2, 0) is 0 Å². The van der Waals surface area contributed by atoms with Crippen LogP contribution in [0, 0.1) is 11.8 Å². The number of nitrogens with two attached hydrogens (primary N) is 1. The first-order valence-electron chi connectivity index (χ1n) is 8.02. The zero-order valence-electron chi connectivity index (χ0n) is 12.5. The minimum Gasteiger partial charge on any atom is -0.385 e. The van der Waals surface area contributed by atoms with Crippen molar-refractivity contribution in [2.45, 2.75) is 30.9 Å². The van der Waals surface area contributed by atoms with E-state index in [4.69, 9.17) is 5.73 Å². The molecule has 6 heteroatoms. The Bertz CT molecular complexity index is 871. The van der Waals surface area contributed by atoms with Crippen molar-refractivity contribution in [1.29, 1.82) is 0 Å². The van der Waals surface area contributed by atoms with Crippen LogP contribution in [0.3, 0.4) is 0 Å². The predicted octanol–water partition coefficient (Wildman–Crippen LogP) is 1.54. The lowest BCUT2D eigenvalue weighted by atomic mass is 9.50. The van der Waals surface area contributed by atoms with Gasteiger partial charge in [-0.05, 0) is 42.7 Å². The molecular weight excluding hydrogens is 292 g/mol. The highest BCUT2D eigenvalue weighted by molar-refractivity contribution is 6.06. The smallest absolute Gasteiger partial charge is 0.252 e. The van der Waals surface area contributed by atoms with Gasteiger partial charge in [0.15, 0.2) is 0 Å². The molecule has 5 aliphatic carbocycles. The Balaban J connectivity index is 1.57. The van der Waals surface area contributed by atoms with Crippen molar-refractivity contribution in [3.05, 3.63) is 35.7 Å². The Hall–Kier alpha value is -2.34. The lowest BCUT2D eigenvalue weighted by Crippen LogP contribution is -2.59. The average Bonchev–Trinajstić information content (AvgIpc) is 2.98. The van der Waals surface area contributed by atoms with Crippen molar-refractivity contribution >= 4 is 22.6 Å². The van der Waals surface area contributed by atoms with Crippen molar-refractivity contribution in [3.8, 4) is 0 Å². The molecule has 6 nitrogen and oxygen atoms in total. The van der Waals surface area contributed by atoms with Crippen LogP contribution in [0.4, 0.5) is 5.69 Å². The highest BCUT2D eigenvalue weighted by Crippen LogP contribution is 2.59. The minimum absolute atomic E-state index is 0.125. The molecule has 23 heavy (non-hydrogen) atoms. The molecule has 4 atom stereocenters. The first kappa shape index (κ1) is 13.1. The number of hydrogen-bond donors (Lipinski definition) is 4. The summed E-state index contributed by atoms with van der Waals surface area (Å²) in [5.74, 6) is 0.453. The van der Waals surface area contributed by atoms with Gasteiger partial charge in [0, 0.05) is 23.8 Å². The molecule has 2 aromatic rings. The third kappa shape index (κ3) is 1.67. The molecule has 4 bridgehead atoms. The molecule has 2 heterocycles. The highest BCUT2D eigenvalue weighted by Gasteiger charge is 2.58. The van der Waals surface area contributed by atoms with Crippen LogP contribution in [0.2, 0.25) is 0 Å². The van der Waals surface area contributed by atoms with Gasteiger partial charge in [0.05, 0.1) is 16.9 Å². The number of amides is 1. The van der Waals surface area contributed by atoms with Crippen LogP contribution in [-0.4, -0.2) is 32.6 Å². The van der Waals surface area contributed by atoms with Gasteiger partial charge in [-0.25, -0.2) is 4.98 Å². The third-order valence-corrected chi connectivity index (χ3v) is 5.78. The predicted molar refractivity (Wildman–Crippen MR) is 85.9 cm³/mol. The number of rotatable bonds is 3. The molecule has 1 amide bonds. The quantitative estimate of drug-likeness (QED) is 0.646. The number of aliphatic hydroxyl groups is 1. The molecule has 1 unspecified atom stereocenters. The Labute approximate surface area is 132 Å². The van der Waals surface area contributed by atoms with E-state index in [1.54, 1.807) is 6.20 Å². The molecule has 5 aliphatic rings. The van der Waals surface area contributed by atoms with E-state index in [0.29, 0.717) is 17.4 Å². The van der Waals surface area contributed by atoms with Crippen LogP contribution in [0.1, 0.15) is 29.6 Å². The van der Waals surface area contributed by atoms with E-state index >= 15 is 0 Å². The SMILES string of the molecule is NC(=O)c1cnc2[nH]ccc2c1N[C@H]1C=C2C3C[C@@H]1C[C@]2(O)C3. The zero-order valence-corrected chi connectivity index (χ0v) is 12.5. The molecular formula is C17H18N4O2. The van der Waals surface area contributed by atoms with Crippen LogP contribution >= 0.6 is 0 Å². The summed E-state index contributed by atoms with van der Waals surface area (Å²) in [5.41, 5.74) is 8.01. The number of carbonyl (C=O) groups excluding carboxylic acids is 1. The highest BCUT2D eigenvalue weighted by atomic mass is 16.3. The minimum atomic E-state index is -0.556. The van der Waals surface area contributed by atoms with Crippen LogP contribution < -0.4 is 11.1 Å². The van der Waals surface area contributed by atoms with Crippen molar-refractivity contribution in [1.82, 2.24) is 9.97 Å². The van der Waals surface area contributed by atoms with Gasteiger partial charge in [0.25, 0.3) is 5.91 Å². The van der Waals surface area contributed by atoms with E-state index in [-0.39, 0.29) is 6.04 Å². The van der Waals surface area contributed by atoms with Crippen LogP contribution in [0.25, 0.3) is 11.0 Å². The molecule has 118 valence electrons. The number of aromatic amines is 1. The number of fused-ring (bicyclic) bond motifs is 2. The standard InChI is InChI=1S/C17H18N4O2/c18-15(22)11-7-20-16-10(1-2-19-16)14(11)21-13-4-12-8-3-9(13)6-17(12,23)5-8/h1-2,4,7-9,13,23H,3,5-6H2,(H2,18,22)(H2,19,20,21)/t8?,9-,13+,17-/m1/s1. The summed E-state index contributed by atoms with van der Waals surface area (Å²) in [6.45, 7) is 0. The maximum Gasteiger partial charge on any atom is 0.252 e. The van der Waals surface area contributed by atoms with Gasteiger partial charge < -0.3 is 21.1 Å². The first-order chi connectivity index (χ1) is 11.0.